The summed E-state index contributed by atoms with van der Waals surface area (Å²) < 4.78 is 11.0. The molecule has 6 nitrogen and oxygen atoms in total. The Balaban J connectivity index is 0.00000190. The van der Waals surface area contributed by atoms with Gasteiger partial charge in [-0.25, -0.2) is 4.79 Å². The number of hydrogen-bond donors (Lipinski definition) is 2. The zero-order chi connectivity index (χ0) is 21.3. The molecule has 0 saturated carbocycles. The van der Waals surface area contributed by atoms with Crippen molar-refractivity contribution < 1.29 is 19.1 Å². The fourth-order valence-electron chi connectivity index (χ4n) is 3.55. The highest BCUT2D eigenvalue weighted by Crippen LogP contribution is 2.38. The summed E-state index contributed by atoms with van der Waals surface area (Å²) >= 11 is 0. The third-order valence-corrected chi connectivity index (χ3v) is 5.08. The van der Waals surface area contributed by atoms with Crippen LogP contribution < -0.4 is 11.5 Å². The number of allylic oxidation sites excluding steroid dienone is 3. The maximum Gasteiger partial charge on any atom is 0.335 e. The van der Waals surface area contributed by atoms with Crippen LogP contribution in [0.3, 0.4) is 0 Å². The summed E-state index contributed by atoms with van der Waals surface area (Å²) in [4.78, 5) is 23.4. The minimum Gasteiger partial charge on any atom is -0.436 e. The lowest BCUT2D eigenvalue weighted by Crippen LogP contribution is -2.44. The molecule has 0 radical (unpaired) electrons. The molecular weight excluding hydrogens is 356 g/mol. The topological polar surface area (TPSA) is 105 Å². The maximum atomic E-state index is 12.1. The molecule has 2 aliphatic rings. The van der Waals surface area contributed by atoms with Gasteiger partial charge in [0.1, 0.15) is 6.29 Å². The number of hydrogen-bond acceptors (Lipinski definition) is 6. The molecule has 1 aliphatic heterocycles. The van der Waals surface area contributed by atoms with E-state index in [-0.39, 0.29) is 12.0 Å². The van der Waals surface area contributed by atoms with Crippen molar-refractivity contribution in [1.29, 1.82) is 0 Å². The van der Waals surface area contributed by atoms with E-state index in [0.717, 1.165) is 36.7 Å². The fourth-order valence-corrected chi connectivity index (χ4v) is 3.55. The maximum absolute atomic E-state index is 12.1. The molecule has 0 aromatic rings. The molecule has 6 heteroatoms. The first kappa shape index (κ1) is 24.0. The number of carbonyl (C=O) groups is 2. The highest BCUT2D eigenvalue weighted by molar-refractivity contribution is 5.91. The van der Waals surface area contributed by atoms with Crippen LogP contribution in [0.1, 0.15) is 46.0 Å². The van der Waals surface area contributed by atoms with Crippen LogP contribution in [0, 0.1) is 5.92 Å². The van der Waals surface area contributed by atoms with E-state index in [0.29, 0.717) is 18.4 Å². The summed E-state index contributed by atoms with van der Waals surface area (Å²) in [6.07, 6.45) is 10.1. The summed E-state index contributed by atoms with van der Waals surface area (Å²) in [5, 5.41) is 0. The molecule has 0 bridgehead atoms. The molecule has 0 spiro atoms. The third kappa shape index (κ3) is 6.26. The highest BCUT2D eigenvalue weighted by Gasteiger charge is 2.47. The van der Waals surface area contributed by atoms with Crippen LogP contribution in [0.25, 0.3) is 0 Å². The highest BCUT2D eigenvalue weighted by atomic mass is 16.6. The van der Waals surface area contributed by atoms with Crippen LogP contribution in [0.15, 0.2) is 47.1 Å². The largest absolute Gasteiger partial charge is 0.436 e. The molecule has 3 unspecified atom stereocenters. The molecule has 1 heterocycles. The van der Waals surface area contributed by atoms with Gasteiger partial charge in [-0.1, -0.05) is 23.8 Å². The van der Waals surface area contributed by atoms with Crippen LogP contribution in [-0.2, 0) is 19.1 Å². The Labute approximate surface area is 168 Å². The van der Waals surface area contributed by atoms with Gasteiger partial charge in [0.05, 0.1) is 12.0 Å². The molecule has 2 rings (SSSR count). The van der Waals surface area contributed by atoms with Crippen molar-refractivity contribution >= 4 is 12.3 Å². The molecule has 3 atom stereocenters. The van der Waals surface area contributed by atoms with Gasteiger partial charge >= 0.3 is 5.97 Å². The number of aldehydes is 1. The SMILES string of the molecule is C=C1C(=O)OC2(N)/C=C(\C)CC(OC)/C=C(\C=O)CCC/C(C)=C\CC12.CN. The Bertz CT molecular complexity index is 678. The quantitative estimate of drug-likeness (QED) is 0.325. The van der Waals surface area contributed by atoms with E-state index in [1.807, 2.05) is 19.9 Å². The molecule has 1 fully saturated rings. The summed E-state index contributed by atoms with van der Waals surface area (Å²) in [6.45, 7) is 7.86. The third-order valence-electron chi connectivity index (χ3n) is 5.08. The summed E-state index contributed by atoms with van der Waals surface area (Å²) in [6, 6.07) is 0. The predicted octanol–water partition coefficient (Wildman–Crippen LogP) is 2.94. The van der Waals surface area contributed by atoms with Crippen molar-refractivity contribution in [2.45, 2.75) is 57.8 Å². The second-order valence-corrected chi connectivity index (χ2v) is 7.29. The van der Waals surface area contributed by atoms with E-state index < -0.39 is 11.7 Å². The van der Waals surface area contributed by atoms with Crippen LogP contribution in [0.2, 0.25) is 0 Å². The van der Waals surface area contributed by atoms with Crippen LogP contribution in [-0.4, -0.2) is 38.2 Å². The molecule has 0 aromatic heterocycles. The number of fused-ring (bicyclic) bond motifs is 1. The van der Waals surface area contributed by atoms with Crippen LogP contribution >= 0.6 is 0 Å². The lowest BCUT2D eigenvalue weighted by Gasteiger charge is -2.27. The van der Waals surface area contributed by atoms with E-state index in [9.17, 15) is 9.59 Å². The van der Waals surface area contributed by atoms with E-state index in [2.05, 4.69) is 18.4 Å². The number of ether oxygens (including phenoxy) is 2. The number of nitrogens with two attached hydrogens (primary N) is 2. The molecule has 1 aliphatic carbocycles. The first-order valence-electron chi connectivity index (χ1n) is 9.60. The van der Waals surface area contributed by atoms with E-state index in [4.69, 9.17) is 15.2 Å². The van der Waals surface area contributed by atoms with E-state index in [1.54, 1.807) is 13.2 Å². The van der Waals surface area contributed by atoms with Gasteiger partial charge in [0.2, 0.25) is 0 Å². The van der Waals surface area contributed by atoms with Gasteiger partial charge in [-0.15, -0.1) is 0 Å². The molecule has 1 saturated heterocycles. The zero-order valence-corrected chi connectivity index (χ0v) is 17.5. The Kier molecular flexibility index (Phi) is 9.52. The fraction of sp³-hybridized carbons (Fsp3) is 0.545. The smallest absolute Gasteiger partial charge is 0.335 e. The molecule has 156 valence electrons. The Morgan fingerprint density at radius 2 is 1.96 bits per heavy atom. The summed E-state index contributed by atoms with van der Waals surface area (Å²) in [5.74, 6) is -0.728. The average Bonchev–Trinajstić information content (AvgIpc) is 2.87. The van der Waals surface area contributed by atoms with Crippen molar-refractivity contribution in [2.75, 3.05) is 14.2 Å². The number of esters is 1. The van der Waals surface area contributed by atoms with Crippen LogP contribution in [0.4, 0.5) is 0 Å². The second kappa shape index (κ2) is 11.1. The Morgan fingerprint density at radius 1 is 1.29 bits per heavy atom. The average molecular weight is 391 g/mol. The van der Waals surface area contributed by atoms with E-state index >= 15 is 0 Å². The lowest BCUT2D eigenvalue weighted by atomic mass is 9.86. The number of methoxy groups -OCH3 is 1. The van der Waals surface area contributed by atoms with Crippen molar-refractivity contribution in [1.82, 2.24) is 0 Å². The van der Waals surface area contributed by atoms with Crippen molar-refractivity contribution in [3.05, 3.63) is 47.1 Å². The monoisotopic (exact) mass is 390 g/mol. The van der Waals surface area contributed by atoms with Gasteiger partial charge in [0, 0.05) is 12.7 Å². The number of rotatable bonds is 2. The first-order valence-corrected chi connectivity index (χ1v) is 9.60. The summed E-state index contributed by atoms with van der Waals surface area (Å²) in [7, 11) is 3.12. The van der Waals surface area contributed by atoms with Gasteiger partial charge in [-0.2, -0.15) is 0 Å². The van der Waals surface area contributed by atoms with Gasteiger partial charge in [0.25, 0.3) is 0 Å². The first-order chi connectivity index (χ1) is 13.3. The second-order valence-electron chi connectivity index (χ2n) is 7.29. The summed E-state index contributed by atoms with van der Waals surface area (Å²) in [5.41, 5.74) is 13.0. The normalized spacial score (nSPS) is 34.7. The van der Waals surface area contributed by atoms with Gasteiger partial charge in [-0.05, 0) is 70.7 Å². The molecule has 28 heavy (non-hydrogen) atoms. The van der Waals surface area contributed by atoms with Gasteiger partial charge in [-0.3, -0.25) is 10.5 Å². The molecule has 0 aromatic carbocycles. The van der Waals surface area contributed by atoms with Crippen LogP contribution in [0.5, 0.6) is 0 Å². The zero-order valence-electron chi connectivity index (χ0n) is 17.5. The van der Waals surface area contributed by atoms with Crippen molar-refractivity contribution in [3.8, 4) is 0 Å². The molecule has 4 N–H and O–H groups in total. The predicted molar refractivity (Wildman–Crippen MR) is 111 cm³/mol. The van der Waals surface area contributed by atoms with Crippen molar-refractivity contribution in [2.24, 2.45) is 17.4 Å². The minimum atomic E-state index is -1.20. The molecular formula is C22H34N2O4. The Morgan fingerprint density at radius 3 is 2.57 bits per heavy atom. The Hall–Kier alpha value is -2.02. The number of carbonyl (C=O) groups excluding carboxylic acids is 2. The van der Waals surface area contributed by atoms with E-state index in [1.165, 1.54) is 12.6 Å². The lowest BCUT2D eigenvalue weighted by molar-refractivity contribution is -0.143. The van der Waals surface area contributed by atoms with Gasteiger partial charge < -0.3 is 15.2 Å². The van der Waals surface area contributed by atoms with Crippen molar-refractivity contribution in [3.63, 3.8) is 0 Å². The van der Waals surface area contributed by atoms with Gasteiger partial charge in [0.15, 0.2) is 5.72 Å². The molecule has 0 amide bonds. The standard InChI is InChI=1S/C21H29NO4.CH5N/c1-14-6-5-7-17(13-23)11-18(25-4)10-15(2)12-21(22)19(9-8-14)16(3)20(24)26-21;1-2/h8,11-13,18-19H,3,5-7,9-10,22H2,1-2,4H3;2H2,1H3/b14-8-,15-12+,17-11-;. The minimum absolute atomic E-state index is 0.228.